The molecule has 0 atom stereocenters. The van der Waals surface area contributed by atoms with E-state index < -0.39 is 0 Å². The van der Waals surface area contributed by atoms with Crippen molar-refractivity contribution in [2.45, 2.75) is 19.3 Å². The lowest BCUT2D eigenvalue weighted by Crippen LogP contribution is -2.14. The minimum absolute atomic E-state index is 0.00907. The summed E-state index contributed by atoms with van der Waals surface area (Å²) in [5, 5.41) is 0. The molecule has 0 radical (unpaired) electrons. The van der Waals surface area contributed by atoms with Crippen molar-refractivity contribution < 1.29 is 4.74 Å². The monoisotopic (exact) mass is 412 g/mol. The molecule has 3 aromatic carbocycles. The number of halogens is 1. The van der Waals surface area contributed by atoms with Crippen molar-refractivity contribution in [3.8, 4) is 22.6 Å². The van der Waals surface area contributed by atoms with Crippen LogP contribution < -0.4 is 4.74 Å². The van der Waals surface area contributed by atoms with Gasteiger partial charge in [-0.1, -0.05) is 62.4 Å². The third kappa shape index (κ3) is 2.27. The van der Waals surface area contributed by atoms with E-state index in [0.717, 1.165) is 15.1 Å². The van der Waals surface area contributed by atoms with Crippen molar-refractivity contribution in [3.63, 3.8) is 0 Å². The first-order chi connectivity index (χ1) is 11.1. The minimum Gasteiger partial charge on any atom is -0.456 e. The molecule has 1 nitrogen and oxygen atoms in total. The van der Waals surface area contributed by atoms with Crippen molar-refractivity contribution in [2.24, 2.45) is 0 Å². The quantitative estimate of drug-likeness (QED) is 0.443. The number of para-hydroxylation sites is 1. The van der Waals surface area contributed by atoms with Crippen LogP contribution in [0, 0.1) is 3.57 Å². The topological polar surface area (TPSA) is 9.23 Å². The van der Waals surface area contributed by atoms with Crippen LogP contribution in [0.15, 0.2) is 66.7 Å². The maximum atomic E-state index is 6.29. The van der Waals surface area contributed by atoms with Crippen LogP contribution in [0.3, 0.4) is 0 Å². The van der Waals surface area contributed by atoms with E-state index in [-0.39, 0.29) is 5.41 Å². The molecule has 23 heavy (non-hydrogen) atoms. The number of fused-ring (bicyclic) bond motifs is 3. The van der Waals surface area contributed by atoms with Gasteiger partial charge in [-0.15, -0.1) is 0 Å². The lowest BCUT2D eigenvalue weighted by molar-refractivity contribution is 0.480. The summed E-state index contributed by atoms with van der Waals surface area (Å²) >= 11 is 2.32. The average molecular weight is 412 g/mol. The molecule has 1 aliphatic carbocycles. The fourth-order valence-corrected chi connectivity index (χ4v) is 3.95. The summed E-state index contributed by atoms with van der Waals surface area (Å²) < 4.78 is 7.41. The second-order valence-electron chi connectivity index (χ2n) is 6.38. The molecule has 0 heterocycles. The van der Waals surface area contributed by atoms with Gasteiger partial charge < -0.3 is 4.74 Å². The van der Waals surface area contributed by atoms with E-state index in [4.69, 9.17) is 4.74 Å². The predicted octanol–water partition coefficient (Wildman–Crippen LogP) is 6.39. The smallest absolute Gasteiger partial charge is 0.140 e. The van der Waals surface area contributed by atoms with Crippen LogP contribution in [0.5, 0.6) is 11.5 Å². The van der Waals surface area contributed by atoms with Gasteiger partial charge in [0.2, 0.25) is 0 Å². The second-order valence-corrected chi connectivity index (χ2v) is 7.54. The van der Waals surface area contributed by atoms with E-state index in [1.165, 1.54) is 22.3 Å². The summed E-state index contributed by atoms with van der Waals surface area (Å²) in [5.41, 5.74) is 5.23. The fourth-order valence-electron chi connectivity index (χ4n) is 3.45. The highest BCUT2D eigenvalue weighted by atomic mass is 127. The molecule has 0 amide bonds. The van der Waals surface area contributed by atoms with Crippen LogP contribution >= 0.6 is 22.6 Å². The Morgan fingerprint density at radius 3 is 2.22 bits per heavy atom. The Labute approximate surface area is 150 Å². The van der Waals surface area contributed by atoms with Gasteiger partial charge in [0.1, 0.15) is 11.5 Å². The maximum Gasteiger partial charge on any atom is 0.140 e. The predicted molar refractivity (Wildman–Crippen MR) is 103 cm³/mol. The summed E-state index contributed by atoms with van der Waals surface area (Å²) in [7, 11) is 0. The van der Waals surface area contributed by atoms with Crippen LogP contribution in [0.4, 0.5) is 0 Å². The Morgan fingerprint density at radius 2 is 1.39 bits per heavy atom. The highest BCUT2D eigenvalue weighted by Gasteiger charge is 2.36. The molecular weight excluding hydrogens is 395 g/mol. The summed E-state index contributed by atoms with van der Waals surface area (Å²) in [6, 6.07) is 23.2. The summed E-state index contributed by atoms with van der Waals surface area (Å²) in [6.45, 7) is 4.57. The SMILES string of the molecule is CC1(C)c2ccccc2-c2c(Oc3ccccc3I)cccc21. The zero-order valence-corrected chi connectivity index (χ0v) is 15.3. The molecular formula is C21H17IO. The van der Waals surface area contributed by atoms with Gasteiger partial charge in [0, 0.05) is 11.0 Å². The average Bonchev–Trinajstić information content (AvgIpc) is 2.79. The first-order valence-corrected chi connectivity index (χ1v) is 8.82. The van der Waals surface area contributed by atoms with E-state index in [1.807, 2.05) is 18.2 Å². The van der Waals surface area contributed by atoms with Crippen molar-refractivity contribution >= 4 is 22.6 Å². The maximum absolute atomic E-state index is 6.29. The Bertz CT molecular complexity index is 896. The minimum atomic E-state index is 0.00907. The van der Waals surface area contributed by atoms with Gasteiger partial charge in [-0.3, -0.25) is 0 Å². The molecule has 0 fully saturated rings. The largest absolute Gasteiger partial charge is 0.456 e. The van der Waals surface area contributed by atoms with Gasteiger partial charge in [-0.05, 0) is 57.5 Å². The molecule has 1 aliphatic rings. The van der Waals surface area contributed by atoms with Crippen molar-refractivity contribution in [3.05, 3.63) is 81.4 Å². The number of hydrogen-bond donors (Lipinski definition) is 0. The molecule has 0 N–H and O–H groups in total. The molecule has 0 aromatic heterocycles. The molecule has 114 valence electrons. The highest BCUT2D eigenvalue weighted by molar-refractivity contribution is 14.1. The molecule has 3 aromatic rings. The number of ether oxygens (including phenoxy) is 1. The molecule has 0 saturated carbocycles. The first-order valence-electron chi connectivity index (χ1n) is 7.75. The lowest BCUT2D eigenvalue weighted by atomic mass is 9.82. The number of hydrogen-bond acceptors (Lipinski definition) is 1. The summed E-state index contributed by atoms with van der Waals surface area (Å²) in [6.07, 6.45) is 0. The molecule has 4 rings (SSSR count). The fraction of sp³-hybridized carbons (Fsp3) is 0.143. The van der Waals surface area contributed by atoms with Crippen molar-refractivity contribution in [1.82, 2.24) is 0 Å². The summed E-state index contributed by atoms with van der Waals surface area (Å²) in [4.78, 5) is 0. The van der Waals surface area contributed by atoms with Gasteiger partial charge in [0.15, 0.2) is 0 Å². The van der Waals surface area contributed by atoms with E-state index in [1.54, 1.807) is 0 Å². The van der Waals surface area contributed by atoms with Crippen molar-refractivity contribution in [1.29, 1.82) is 0 Å². The molecule has 0 bridgehead atoms. The first kappa shape index (κ1) is 14.8. The van der Waals surface area contributed by atoms with E-state index in [9.17, 15) is 0 Å². The Balaban J connectivity index is 1.91. The summed E-state index contributed by atoms with van der Waals surface area (Å²) in [5.74, 6) is 1.84. The van der Waals surface area contributed by atoms with Gasteiger partial charge in [0.05, 0.1) is 3.57 Å². The van der Waals surface area contributed by atoms with Gasteiger partial charge in [0.25, 0.3) is 0 Å². The van der Waals surface area contributed by atoms with Crippen molar-refractivity contribution in [2.75, 3.05) is 0 Å². The Kier molecular flexibility index (Phi) is 3.45. The zero-order valence-electron chi connectivity index (χ0n) is 13.1. The molecule has 0 saturated heterocycles. The third-order valence-electron chi connectivity index (χ3n) is 4.63. The number of rotatable bonds is 2. The molecule has 0 unspecified atom stereocenters. The highest BCUT2D eigenvalue weighted by Crippen LogP contribution is 2.52. The van der Waals surface area contributed by atoms with E-state index in [0.29, 0.717) is 0 Å². The van der Waals surface area contributed by atoms with Gasteiger partial charge in [-0.25, -0.2) is 0 Å². The standard InChI is InChI=1S/C21H17IO/c1-21(2)15-9-4-3-8-14(15)20-16(21)10-7-13-19(20)23-18-12-6-5-11-17(18)22/h3-13H,1-2H3. The van der Waals surface area contributed by atoms with Crippen LogP contribution in [0.1, 0.15) is 25.0 Å². The normalized spacial score (nSPS) is 14.2. The van der Waals surface area contributed by atoms with Crippen LogP contribution in [-0.2, 0) is 5.41 Å². The Morgan fingerprint density at radius 1 is 0.739 bits per heavy atom. The zero-order chi connectivity index (χ0) is 16.0. The second kappa shape index (κ2) is 5.38. The van der Waals surface area contributed by atoms with Crippen LogP contribution in [-0.4, -0.2) is 0 Å². The van der Waals surface area contributed by atoms with Crippen LogP contribution in [0.2, 0.25) is 0 Å². The Hall–Kier alpha value is -1.81. The van der Waals surface area contributed by atoms with Gasteiger partial charge >= 0.3 is 0 Å². The molecule has 0 spiro atoms. The van der Waals surface area contributed by atoms with Crippen LogP contribution in [0.25, 0.3) is 11.1 Å². The van der Waals surface area contributed by atoms with E-state index >= 15 is 0 Å². The number of benzene rings is 3. The lowest BCUT2D eigenvalue weighted by Gasteiger charge is -2.21. The third-order valence-corrected chi connectivity index (χ3v) is 5.52. The van der Waals surface area contributed by atoms with E-state index in [2.05, 4.69) is 85.0 Å². The molecule has 0 aliphatic heterocycles. The molecule has 2 heteroatoms. The van der Waals surface area contributed by atoms with Gasteiger partial charge in [-0.2, -0.15) is 0 Å².